The second kappa shape index (κ2) is 5.05. The summed E-state index contributed by atoms with van der Waals surface area (Å²) in [6.45, 7) is 8.90. The highest BCUT2D eigenvalue weighted by Gasteiger charge is 2.41. The molecule has 0 radical (unpaired) electrons. The van der Waals surface area contributed by atoms with E-state index < -0.39 is 0 Å². The van der Waals surface area contributed by atoms with Crippen molar-refractivity contribution < 1.29 is 5.11 Å². The van der Waals surface area contributed by atoms with Gasteiger partial charge >= 0.3 is 0 Å². The topological polar surface area (TPSA) is 23.5 Å². The van der Waals surface area contributed by atoms with Crippen molar-refractivity contribution in [1.29, 1.82) is 0 Å². The highest BCUT2D eigenvalue weighted by Crippen LogP contribution is 2.40. The molecule has 1 N–H and O–H groups in total. The molecule has 1 aliphatic heterocycles. The lowest BCUT2D eigenvalue weighted by molar-refractivity contribution is -0.0218. The van der Waals surface area contributed by atoms with Crippen LogP contribution in [0.3, 0.4) is 0 Å². The summed E-state index contributed by atoms with van der Waals surface area (Å²) in [5.74, 6) is 1.37. The minimum Gasteiger partial charge on any atom is -0.396 e. The number of hydrogen-bond donors (Lipinski definition) is 1. The van der Waals surface area contributed by atoms with Crippen LogP contribution in [0.5, 0.6) is 0 Å². The largest absolute Gasteiger partial charge is 0.396 e. The zero-order chi connectivity index (χ0) is 11.6. The van der Waals surface area contributed by atoms with Crippen LogP contribution in [0.1, 0.15) is 46.0 Å². The number of aliphatic hydroxyl groups is 1. The minimum absolute atomic E-state index is 0.408. The molecule has 94 valence electrons. The molecule has 2 rings (SSSR count). The van der Waals surface area contributed by atoms with Crippen molar-refractivity contribution in [2.24, 2.45) is 17.3 Å². The number of aliphatic hydroxyl groups excluding tert-OH is 1. The summed E-state index contributed by atoms with van der Waals surface area (Å²) >= 11 is 0. The standard InChI is InChI=1S/C14H27NO/c1-3-14(4-2)10-15(11-14)8-12-6-5-7-13(12)9-16/h12-13,16H,3-11H2,1-2H3. The second-order valence-electron chi connectivity index (χ2n) is 6.01. The van der Waals surface area contributed by atoms with E-state index in [1.807, 2.05) is 0 Å². The van der Waals surface area contributed by atoms with Gasteiger partial charge in [-0.25, -0.2) is 0 Å². The smallest absolute Gasteiger partial charge is 0.0462 e. The van der Waals surface area contributed by atoms with Crippen molar-refractivity contribution in [2.75, 3.05) is 26.2 Å². The highest BCUT2D eigenvalue weighted by molar-refractivity contribution is 4.94. The van der Waals surface area contributed by atoms with Crippen molar-refractivity contribution in [3.63, 3.8) is 0 Å². The van der Waals surface area contributed by atoms with Gasteiger partial charge in [0.2, 0.25) is 0 Å². The normalized spacial score (nSPS) is 33.9. The van der Waals surface area contributed by atoms with Crippen LogP contribution in [0, 0.1) is 17.3 Å². The van der Waals surface area contributed by atoms with Crippen molar-refractivity contribution >= 4 is 0 Å². The van der Waals surface area contributed by atoms with Crippen molar-refractivity contribution in [3.8, 4) is 0 Å². The van der Waals surface area contributed by atoms with Gasteiger partial charge in [0.1, 0.15) is 0 Å². The third-order valence-corrected chi connectivity index (χ3v) is 5.16. The first-order valence-electron chi connectivity index (χ1n) is 7.06. The molecule has 2 heteroatoms. The van der Waals surface area contributed by atoms with Crippen LogP contribution in [0.2, 0.25) is 0 Å². The van der Waals surface area contributed by atoms with Gasteiger partial charge in [0.25, 0.3) is 0 Å². The molecule has 0 spiro atoms. The molecule has 16 heavy (non-hydrogen) atoms. The van der Waals surface area contributed by atoms with Gasteiger partial charge in [0.15, 0.2) is 0 Å². The number of likely N-dealkylation sites (tertiary alicyclic amines) is 1. The van der Waals surface area contributed by atoms with Crippen molar-refractivity contribution in [1.82, 2.24) is 4.90 Å². The quantitative estimate of drug-likeness (QED) is 0.777. The maximum atomic E-state index is 9.32. The predicted octanol–water partition coefficient (Wildman–Crippen LogP) is 2.52. The average Bonchev–Trinajstić information content (AvgIpc) is 2.70. The SMILES string of the molecule is CCC1(CC)CN(CC2CCCC2CO)C1. The molecule has 2 nitrogen and oxygen atoms in total. The first-order valence-corrected chi connectivity index (χ1v) is 7.06. The summed E-state index contributed by atoms with van der Waals surface area (Å²) in [5, 5.41) is 9.32. The Kier molecular flexibility index (Phi) is 3.91. The van der Waals surface area contributed by atoms with Crippen molar-refractivity contribution in [2.45, 2.75) is 46.0 Å². The Balaban J connectivity index is 1.76. The zero-order valence-electron chi connectivity index (χ0n) is 10.9. The van der Waals surface area contributed by atoms with E-state index in [9.17, 15) is 5.11 Å². The van der Waals surface area contributed by atoms with E-state index in [-0.39, 0.29) is 0 Å². The Hall–Kier alpha value is -0.0800. The molecule has 1 heterocycles. The van der Waals surface area contributed by atoms with Gasteiger partial charge in [-0.15, -0.1) is 0 Å². The summed E-state index contributed by atoms with van der Waals surface area (Å²) in [6, 6.07) is 0. The fourth-order valence-electron chi connectivity index (χ4n) is 3.65. The highest BCUT2D eigenvalue weighted by atomic mass is 16.3. The van der Waals surface area contributed by atoms with Crippen molar-refractivity contribution in [3.05, 3.63) is 0 Å². The molecule has 1 aliphatic carbocycles. The maximum Gasteiger partial charge on any atom is 0.0462 e. The molecule has 2 fully saturated rings. The van der Waals surface area contributed by atoms with Gasteiger partial charge < -0.3 is 10.0 Å². The lowest BCUT2D eigenvalue weighted by atomic mass is 9.74. The van der Waals surface area contributed by atoms with Gasteiger partial charge in [-0.3, -0.25) is 0 Å². The van der Waals surface area contributed by atoms with Gasteiger partial charge in [0, 0.05) is 26.2 Å². The summed E-state index contributed by atoms with van der Waals surface area (Å²) in [7, 11) is 0. The van der Waals surface area contributed by atoms with E-state index >= 15 is 0 Å². The summed E-state index contributed by atoms with van der Waals surface area (Å²) in [5.41, 5.74) is 0.632. The summed E-state index contributed by atoms with van der Waals surface area (Å²) in [4.78, 5) is 2.62. The Morgan fingerprint density at radius 3 is 2.31 bits per heavy atom. The van der Waals surface area contributed by atoms with Crippen LogP contribution in [-0.4, -0.2) is 36.2 Å². The monoisotopic (exact) mass is 225 g/mol. The number of nitrogens with zero attached hydrogens (tertiary/aromatic N) is 1. The van der Waals surface area contributed by atoms with E-state index in [0.29, 0.717) is 17.9 Å². The maximum absolute atomic E-state index is 9.32. The van der Waals surface area contributed by atoms with E-state index in [1.165, 1.54) is 51.7 Å². The molecule has 0 aromatic carbocycles. The fourth-order valence-corrected chi connectivity index (χ4v) is 3.65. The third kappa shape index (κ3) is 2.28. The summed E-state index contributed by atoms with van der Waals surface area (Å²) in [6.07, 6.45) is 6.58. The van der Waals surface area contributed by atoms with Crippen LogP contribution < -0.4 is 0 Å². The molecule has 0 aromatic rings. The number of hydrogen-bond acceptors (Lipinski definition) is 2. The Bertz CT molecular complexity index is 217. The van der Waals surface area contributed by atoms with Crippen LogP contribution in [0.25, 0.3) is 0 Å². The Labute approximate surface area is 100 Å². The zero-order valence-corrected chi connectivity index (χ0v) is 10.9. The molecule has 1 saturated carbocycles. The molecule has 0 amide bonds. The van der Waals surface area contributed by atoms with Gasteiger partial charge in [-0.05, 0) is 42.9 Å². The van der Waals surface area contributed by atoms with Crippen LogP contribution in [0.15, 0.2) is 0 Å². The molecule has 0 aromatic heterocycles. The second-order valence-corrected chi connectivity index (χ2v) is 6.01. The predicted molar refractivity (Wildman–Crippen MR) is 67.4 cm³/mol. The van der Waals surface area contributed by atoms with Crippen LogP contribution >= 0.6 is 0 Å². The summed E-state index contributed by atoms with van der Waals surface area (Å²) < 4.78 is 0. The van der Waals surface area contributed by atoms with E-state index in [0.717, 1.165) is 5.92 Å². The Morgan fingerprint density at radius 1 is 1.12 bits per heavy atom. The molecule has 2 atom stereocenters. The van der Waals surface area contributed by atoms with Crippen LogP contribution in [-0.2, 0) is 0 Å². The van der Waals surface area contributed by atoms with Gasteiger partial charge in [-0.1, -0.05) is 20.3 Å². The van der Waals surface area contributed by atoms with E-state index in [1.54, 1.807) is 0 Å². The average molecular weight is 225 g/mol. The first kappa shape index (κ1) is 12.4. The molecule has 0 bridgehead atoms. The molecular formula is C14H27NO. The van der Waals surface area contributed by atoms with Gasteiger partial charge in [-0.2, -0.15) is 0 Å². The third-order valence-electron chi connectivity index (χ3n) is 5.16. The number of rotatable bonds is 5. The lowest BCUT2D eigenvalue weighted by Gasteiger charge is -2.51. The van der Waals surface area contributed by atoms with E-state index in [2.05, 4.69) is 18.7 Å². The molecular weight excluding hydrogens is 198 g/mol. The molecule has 2 unspecified atom stereocenters. The molecule has 2 aliphatic rings. The minimum atomic E-state index is 0.408. The molecule has 1 saturated heterocycles. The Morgan fingerprint density at radius 2 is 1.75 bits per heavy atom. The first-order chi connectivity index (χ1) is 7.73. The lowest BCUT2D eigenvalue weighted by Crippen LogP contribution is -2.57. The van der Waals surface area contributed by atoms with Crippen LogP contribution in [0.4, 0.5) is 0 Å². The van der Waals surface area contributed by atoms with E-state index in [4.69, 9.17) is 0 Å². The fraction of sp³-hybridized carbons (Fsp3) is 1.00. The van der Waals surface area contributed by atoms with Gasteiger partial charge in [0.05, 0.1) is 0 Å².